The molecule has 1 aliphatic rings. The molecule has 1 saturated heterocycles. The van der Waals surface area contributed by atoms with Crippen LogP contribution in [0.2, 0.25) is 5.02 Å². The van der Waals surface area contributed by atoms with E-state index in [-0.39, 0.29) is 10.8 Å². The lowest BCUT2D eigenvalue weighted by molar-refractivity contribution is -0.125. The smallest absolute Gasteiger partial charge is 0.243 e. The maximum Gasteiger partial charge on any atom is 0.243 e. The Balaban J connectivity index is 1.67. The van der Waals surface area contributed by atoms with Crippen molar-refractivity contribution in [2.24, 2.45) is 0 Å². The molecule has 1 atom stereocenters. The van der Waals surface area contributed by atoms with E-state index in [0.29, 0.717) is 31.0 Å². The fourth-order valence-corrected chi connectivity index (χ4v) is 5.34. The van der Waals surface area contributed by atoms with E-state index in [2.05, 4.69) is 21.2 Å². The molecule has 1 fully saturated rings. The van der Waals surface area contributed by atoms with Crippen molar-refractivity contribution in [2.75, 3.05) is 13.1 Å². The van der Waals surface area contributed by atoms with Gasteiger partial charge in [-0.05, 0) is 61.2 Å². The Bertz CT molecular complexity index is 917. The van der Waals surface area contributed by atoms with Crippen molar-refractivity contribution in [1.82, 2.24) is 9.62 Å². The molecule has 0 saturated carbocycles. The zero-order valence-electron chi connectivity index (χ0n) is 15.3. The van der Waals surface area contributed by atoms with Gasteiger partial charge < -0.3 is 5.32 Å². The number of carbonyl (C=O) groups is 1. The number of nitrogens with one attached hydrogen (secondary N) is 1. The molecule has 5 nitrogen and oxygen atoms in total. The largest absolute Gasteiger partial charge is 0.354 e. The first-order chi connectivity index (χ1) is 13.4. The highest BCUT2D eigenvalue weighted by atomic mass is 79.9. The molecule has 0 aliphatic carbocycles. The summed E-state index contributed by atoms with van der Waals surface area (Å²) in [6, 6.07) is 13.3. The van der Waals surface area contributed by atoms with Gasteiger partial charge in [-0.25, -0.2) is 8.42 Å². The van der Waals surface area contributed by atoms with Crippen LogP contribution in [0.3, 0.4) is 0 Å². The summed E-state index contributed by atoms with van der Waals surface area (Å²) in [6.07, 6.45) is 2.78. The van der Waals surface area contributed by atoms with Crippen LogP contribution in [0.4, 0.5) is 0 Å². The molecule has 3 rings (SSSR count). The summed E-state index contributed by atoms with van der Waals surface area (Å²) in [7, 11) is -3.72. The molecule has 1 N–H and O–H groups in total. The third-order valence-electron chi connectivity index (χ3n) is 4.80. The van der Waals surface area contributed by atoms with Crippen LogP contribution in [-0.4, -0.2) is 37.8 Å². The number of nitrogens with zero attached hydrogens (tertiary/aromatic N) is 1. The molecule has 0 aromatic heterocycles. The number of rotatable bonds is 6. The normalized spacial score (nSPS) is 18.0. The van der Waals surface area contributed by atoms with E-state index < -0.39 is 16.1 Å². The lowest BCUT2D eigenvalue weighted by Gasteiger charge is -2.33. The van der Waals surface area contributed by atoms with Crippen molar-refractivity contribution in [3.63, 3.8) is 0 Å². The summed E-state index contributed by atoms with van der Waals surface area (Å²) >= 11 is 9.20. The second kappa shape index (κ2) is 9.39. The van der Waals surface area contributed by atoms with Crippen LogP contribution >= 0.6 is 27.5 Å². The molecule has 0 bridgehead atoms. The minimum absolute atomic E-state index is 0.205. The van der Waals surface area contributed by atoms with Crippen molar-refractivity contribution in [3.8, 4) is 0 Å². The Morgan fingerprint density at radius 2 is 1.79 bits per heavy atom. The molecule has 1 amide bonds. The molecule has 8 heteroatoms. The first-order valence-corrected chi connectivity index (χ1v) is 11.8. The Kier molecular flexibility index (Phi) is 7.15. The highest BCUT2D eigenvalue weighted by molar-refractivity contribution is 9.10. The van der Waals surface area contributed by atoms with Crippen molar-refractivity contribution in [2.45, 2.75) is 36.6 Å². The van der Waals surface area contributed by atoms with E-state index in [1.165, 1.54) is 4.31 Å². The van der Waals surface area contributed by atoms with E-state index >= 15 is 0 Å². The lowest BCUT2D eigenvalue weighted by Crippen LogP contribution is -2.52. The number of benzene rings is 2. The van der Waals surface area contributed by atoms with Crippen molar-refractivity contribution >= 4 is 43.5 Å². The van der Waals surface area contributed by atoms with Crippen molar-refractivity contribution in [3.05, 3.63) is 63.6 Å². The van der Waals surface area contributed by atoms with Gasteiger partial charge in [0.15, 0.2) is 0 Å². The fourth-order valence-electron chi connectivity index (χ4n) is 3.30. The average molecular weight is 486 g/mol. The van der Waals surface area contributed by atoms with Gasteiger partial charge in [0.1, 0.15) is 6.04 Å². The predicted octanol–water partition coefficient (Wildman–Crippen LogP) is 4.00. The third kappa shape index (κ3) is 5.14. The Hall–Kier alpha value is -1.41. The van der Waals surface area contributed by atoms with Gasteiger partial charge in [0.25, 0.3) is 0 Å². The molecule has 2 aromatic rings. The van der Waals surface area contributed by atoms with Crippen LogP contribution in [0.1, 0.15) is 24.8 Å². The topological polar surface area (TPSA) is 66.5 Å². The van der Waals surface area contributed by atoms with Crippen LogP contribution < -0.4 is 5.32 Å². The van der Waals surface area contributed by atoms with Gasteiger partial charge in [-0.2, -0.15) is 4.31 Å². The van der Waals surface area contributed by atoms with E-state index in [4.69, 9.17) is 11.6 Å². The molecule has 1 unspecified atom stereocenters. The van der Waals surface area contributed by atoms with Gasteiger partial charge in [0, 0.05) is 22.6 Å². The Morgan fingerprint density at radius 1 is 1.11 bits per heavy atom. The molecule has 0 spiro atoms. The third-order valence-corrected chi connectivity index (χ3v) is 7.51. The summed E-state index contributed by atoms with van der Waals surface area (Å²) in [6.45, 7) is 0.802. The van der Waals surface area contributed by atoms with E-state index in [1.54, 1.807) is 24.3 Å². The van der Waals surface area contributed by atoms with Gasteiger partial charge in [-0.15, -0.1) is 0 Å². The second-order valence-corrected chi connectivity index (χ2v) is 9.99. The average Bonchev–Trinajstić information content (AvgIpc) is 2.70. The summed E-state index contributed by atoms with van der Waals surface area (Å²) in [5.41, 5.74) is 1.06. The molecule has 1 heterocycles. The summed E-state index contributed by atoms with van der Waals surface area (Å²) < 4.78 is 28.3. The minimum atomic E-state index is -3.72. The summed E-state index contributed by atoms with van der Waals surface area (Å²) in [5.74, 6) is -0.241. The molecule has 150 valence electrons. The van der Waals surface area contributed by atoms with Crippen LogP contribution in [-0.2, 0) is 21.2 Å². The quantitative estimate of drug-likeness (QED) is 0.672. The standard InChI is InChI=1S/C20H22BrClN2O3S/c21-16-6-10-18(11-7-16)28(26,27)24-14-2-1-3-19(24)20(25)23-13-12-15-4-8-17(22)9-5-15/h4-11,19H,1-3,12-14H2,(H,23,25). The number of sulfonamides is 1. The van der Waals surface area contributed by atoms with Gasteiger partial charge in [-0.1, -0.05) is 46.1 Å². The molecule has 0 radical (unpaired) electrons. The highest BCUT2D eigenvalue weighted by Gasteiger charge is 2.37. The fraction of sp³-hybridized carbons (Fsp3) is 0.350. The van der Waals surface area contributed by atoms with Gasteiger partial charge in [0.2, 0.25) is 15.9 Å². The second-order valence-electron chi connectivity index (χ2n) is 6.75. The summed E-state index contributed by atoms with van der Waals surface area (Å²) in [4.78, 5) is 12.9. The predicted molar refractivity (Wildman–Crippen MR) is 114 cm³/mol. The molecular weight excluding hydrogens is 464 g/mol. The minimum Gasteiger partial charge on any atom is -0.354 e. The molecular formula is C20H22BrClN2O3S. The highest BCUT2D eigenvalue weighted by Crippen LogP contribution is 2.26. The van der Waals surface area contributed by atoms with Crippen LogP contribution in [0.25, 0.3) is 0 Å². The number of hydrogen-bond donors (Lipinski definition) is 1. The Labute approximate surface area is 179 Å². The molecule has 1 aliphatic heterocycles. The van der Waals surface area contributed by atoms with E-state index in [1.807, 2.05) is 24.3 Å². The monoisotopic (exact) mass is 484 g/mol. The van der Waals surface area contributed by atoms with E-state index in [9.17, 15) is 13.2 Å². The molecule has 28 heavy (non-hydrogen) atoms. The zero-order valence-corrected chi connectivity index (χ0v) is 18.4. The maximum absolute atomic E-state index is 13.1. The number of halogens is 2. The number of piperidine rings is 1. The van der Waals surface area contributed by atoms with Crippen LogP contribution in [0.15, 0.2) is 57.9 Å². The number of carbonyl (C=O) groups excluding carboxylic acids is 1. The summed E-state index contributed by atoms with van der Waals surface area (Å²) in [5, 5.41) is 3.56. The lowest BCUT2D eigenvalue weighted by atomic mass is 10.0. The van der Waals surface area contributed by atoms with Crippen LogP contribution in [0, 0.1) is 0 Å². The van der Waals surface area contributed by atoms with Gasteiger partial charge in [-0.3, -0.25) is 4.79 Å². The van der Waals surface area contributed by atoms with Crippen molar-refractivity contribution in [1.29, 1.82) is 0 Å². The first-order valence-electron chi connectivity index (χ1n) is 9.17. The van der Waals surface area contributed by atoms with Crippen LogP contribution in [0.5, 0.6) is 0 Å². The number of amides is 1. The molecule has 2 aromatic carbocycles. The Morgan fingerprint density at radius 3 is 2.46 bits per heavy atom. The SMILES string of the molecule is O=C(NCCc1ccc(Cl)cc1)C1CCCCN1S(=O)(=O)c1ccc(Br)cc1. The first kappa shape index (κ1) is 21.3. The van der Waals surface area contributed by atoms with Gasteiger partial charge in [0.05, 0.1) is 4.90 Å². The van der Waals surface area contributed by atoms with Gasteiger partial charge >= 0.3 is 0 Å². The number of hydrogen-bond acceptors (Lipinski definition) is 3. The maximum atomic E-state index is 13.1. The van der Waals surface area contributed by atoms with Crippen molar-refractivity contribution < 1.29 is 13.2 Å². The zero-order chi connectivity index (χ0) is 20.1. The van der Waals surface area contributed by atoms with E-state index in [0.717, 1.165) is 22.9 Å².